The van der Waals surface area contributed by atoms with Gasteiger partial charge in [0.25, 0.3) is 5.91 Å². The predicted octanol–water partition coefficient (Wildman–Crippen LogP) is 3.41. The minimum absolute atomic E-state index is 0.187. The second-order valence-electron chi connectivity index (χ2n) is 4.04. The summed E-state index contributed by atoms with van der Waals surface area (Å²) in [6.45, 7) is 2.32. The van der Waals surface area contributed by atoms with E-state index in [1.807, 2.05) is 31.2 Å². The maximum Gasteiger partial charge on any atom is 0.287 e. The summed E-state index contributed by atoms with van der Waals surface area (Å²) in [4.78, 5) is 11.7. The normalized spacial score (nSPS) is 10.3. The van der Waals surface area contributed by atoms with E-state index in [1.165, 1.54) is 5.56 Å². The zero-order chi connectivity index (χ0) is 13.0. The molecule has 0 fully saturated rings. The number of aryl methyl sites for hydroxylation is 1. The van der Waals surface area contributed by atoms with Crippen LogP contribution in [0.3, 0.4) is 0 Å². The molecule has 1 heterocycles. The summed E-state index contributed by atoms with van der Waals surface area (Å²) < 4.78 is 5.25. The number of carbonyl (C=O) groups excluding carboxylic acids is 1. The Labute approximate surface area is 114 Å². The van der Waals surface area contributed by atoms with Crippen LogP contribution in [-0.4, -0.2) is 5.91 Å². The summed E-state index contributed by atoms with van der Waals surface area (Å²) in [5, 5.41) is 3.66. The highest BCUT2D eigenvalue weighted by Gasteiger charge is 2.08. The van der Waals surface area contributed by atoms with E-state index >= 15 is 0 Å². The van der Waals surface area contributed by atoms with Crippen LogP contribution in [0.4, 0.5) is 0 Å². The van der Waals surface area contributed by atoms with Crippen LogP contribution in [0, 0.1) is 6.92 Å². The molecule has 0 atom stereocenters. The molecule has 18 heavy (non-hydrogen) atoms. The first-order chi connectivity index (χ1) is 8.69. The zero-order valence-electron chi connectivity index (χ0n) is 10.1. The van der Waals surface area contributed by atoms with Gasteiger partial charge in [-0.2, -0.15) is 0 Å². The monoisotopic (exact) mass is 307 g/mol. The maximum absolute atomic E-state index is 11.7. The van der Waals surface area contributed by atoms with Crippen LogP contribution in [0.25, 0.3) is 0 Å². The molecule has 1 aromatic heterocycles. The molecular formula is C14H14BrNO2. The summed E-state index contributed by atoms with van der Waals surface area (Å²) >= 11 is 3.40. The van der Waals surface area contributed by atoms with Gasteiger partial charge in [-0.05, 0) is 30.2 Å². The second kappa shape index (κ2) is 5.87. The lowest BCUT2D eigenvalue weighted by Gasteiger charge is -2.04. The first kappa shape index (κ1) is 12.9. The van der Waals surface area contributed by atoms with Gasteiger partial charge in [-0.3, -0.25) is 4.79 Å². The van der Waals surface area contributed by atoms with Crippen LogP contribution in [0.15, 0.2) is 40.8 Å². The number of furan rings is 1. The van der Waals surface area contributed by atoms with E-state index in [0.717, 1.165) is 16.7 Å². The molecule has 1 N–H and O–H groups in total. The average molecular weight is 308 g/mol. The lowest BCUT2D eigenvalue weighted by molar-refractivity contribution is 0.0922. The Kier molecular flexibility index (Phi) is 4.20. The van der Waals surface area contributed by atoms with Crippen molar-refractivity contribution in [2.24, 2.45) is 0 Å². The summed E-state index contributed by atoms with van der Waals surface area (Å²) in [6, 6.07) is 11.5. The van der Waals surface area contributed by atoms with Crippen LogP contribution in [0.2, 0.25) is 0 Å². The molecule has 1 amide bonds. The van der Waals surface area contributed by atoms with Crippen molar-refractivity contribution in [1.82, 2.24) is 5.32 Å². The fourth-order valence-electron chi connectivity index (χ4n) is 1.57. The summed E-state index contributed by atoms with van der Waals surface area (Å²) in [5.74, 6) is 0.902. The molecule has 2 aromatic rings. The number of rotatable bonds is 4. The third-order valence-corrected chi connectivity index (χ3v) is 3.24. The molecule has 0 aliphatic carbocycles. The number of carbonyl (C=O) groups is 1. The van der Waals surface area contributed by atoms with E-state index in [-0.39, 0.29) is 5.91 Å². The Hall–Kier alpha value is -1.55. The molecular weight excluding hydrogens is 294 g/mol. The Morgan fingerprint density at radius 3 is 2.39 bits per heavy atom. The number of hydrogen-bond acceptors (Lipinski definition) is 2. The maximum atomic E-state index is 11.7. The Morgan fingerprint density at radius 1 is 1.17 bits per heavy atom. The highest BCUT2D eigenvalue weighted by atomic mass is 79.9. The fourth-order valence-corrected chi connectivity index (χ4v) is 1.95. The number of amides is 1. The van der Waals surface area contributed by atoms with Gasteiger partial charge < -0.3 is 9.73 Å². The summed E-state index contributed by atoms with van der Waals surface area (Å²) in [5.41, 5.74) is 2.28. The average Bonchev–Trinajstić information content (AvgIpc) is 2.83. The van der Waals surface area contributed by atoms with E-state index in [9.17, 15) is 4.79 Å². The molecule has 0 radical (unpaired) electrons. The summed E-state index contributed by atoms with van der Waals surface area (Å²) in [6.07, 6.45) is 0. The van der Waals surface area contributed by atoms with E-state index in [2.05, 4.69) is 21.2 Å². The quantitative estimate of drug-likeness (QED) is 0.880. The molecule has 0 bridgehead atoms. The largest absolute Gasteiger partial charge is 0.456 e. The minimum Gasteiger partial charge on any atom is -0.456 e. The van der Waals surface area contributed by atoms with Crippen molar-refractivity contribution in [3.05, 3.63) is 59.0 Å². The standard InChI is InChI=1S/C14H14BrNO2/c1-10-2-7-13(18-10)14(17)16-9-12-5-3-11(8-15)4-6-12/h2-7H,8-9H2,1H3,(H,16,17). The highest BCUT2D eigenvalue weighted by Crippen LogP contribution is 2.09. The Bertz CT molecular complexity index is 531. The first-order valence-electron chi connectivity index (χ1n) is 5.67. The number of alkyl halides is 1. The van der Waals surface area contributed by atoms with Gasteiger partial charge >= 0.3 is 0 Å². The van der Waals surface area contributed by atoms with Crippen LogP contribution >= 0.6 is 15.9 Å². The van der Waals surface area contributed by atoms with E-state index in [0.29, 0.717) is 12.3 Å². The van der Waals surface area contributed by atoms with Crippen molar-refractivity contribution in [3.8, 4) is 0 Å². The van der Waals surface area contributed by atoms with Crippen molar-refractivity contribution in [1.29, 1.82) is 0 Å². The molecule has 0 aliphatic rings. The first-order valence-corrected chi connectivity index (χ1v) is 6.79. The lowest BCUT2D eigenvalue weighted by Crippen LogP contribution is -2.22. The number of benzene rings is 1. The number of halogens is 1. The molecule has 1 aromatic carbocycles. The third-order valence-electron chi connectivity index (χ3n) is 2.59. The summed E-state index contributed by atoms with van der Waals surface area (Å²) in [7, 11) is 0. The van der Waals surface area contributed by atoms with Gasteiger partial charge in [-0.15, -0.1) is 0 Å². The molecule has 0 unspecified atom stereocenters. The van der Waals surface area contributed by atoms with E-state index in [4.69, 9.17) is 4.42 Å². The molecule has 0 spiro atoms. The van der Waals surface area contributed by atoms with Crippen molar-refractivity contribution < 1.29 is 9.21 Å². The van der Waals surface area contributed by atoms with Gasteiger partial charge in [0.05, 0.1) is 0 Å². The molecule has 94 valence electrons. The van der Waals surface area contributed by atoms with E-state index < -0.39 is 0 Å². The van der Waals surface area contributed by atoms with Gasteiger partial charge in [0.1, 0.15) is 5.76 Å². The third kappa shape index (κ3) is 3.23. The number of nitrogens with one attached hydrogen (secondary N) is 1. The van der Waals surface area contributed by atoms with Crippen LogP contribution < -0.4 is 5.32 Å². The fraction of sp³-hybridized carbons (Fsp3) is 0.214. The Balaban J connectivity index is 1.92. The van der Waals surface area contributed by atoms with E-state index in [1.54, 1.807) is 12.1 Å². The second-order valence-corrected chi connectivity index (χ2v) is 4.60. The van der Waals surface area contributed by atoms with Gasteiger partial charge in [0, 0.05) is 11.9 Å². The zero-order valence-corrected chi connectivity index (χ0v) is 11.7. The van der Waals surface area contributed by atoms with Gasteiger partial charge in [0.2, 0.25) is 0 Å². The van der Waals surface area contributed by atoms with Gasteiger partial charge in [0.15, 0.2) is 5.76 Å². The van der Waals surface area contributed by atoms with Crippen LogP contribution in [-0.2, 0) is 11.9 Å². The molecule has 3 nitrogen and oxygen atoms in total. The smallest absolute Gasteiger partial charge is 0.287 e. The molecule has 0 saturated carbocycles. The van der Waals surface area contributed by atoms with Crippen LogP contribution in [0.5, 0.6) is 0 Å². The lowest BCUT2D eigenvalue weighted by atomic mass is 10.1. The number of hydrogen-bond donors (Lipinski definition) is 1. The van der Waals surface area contributed by atoms with Crippen molar-refractivity contribution in [3.63, 3.8) is 0 Å². The van der Waals surface area contributed by atoms with Crippen molar-refractivity contribution in [2.75, 3.05) is 0 Å². The van der Waals surface area contributed by atoms with Gasteiger partial charge in [-0.25, -0.2) is 0 Å². The molecule has 2 rings (SSSR count). The Morgan fingerprint density at radius 2 is 1.83 bits per heavy atom. The topological polar surface area (TPSA) is 42.2 Å². The van der Waals surface area contributed by atoms with Gasteiger partial charge in [-0.1, -0.05) is 40.2 Å². The SMILES string of the molecule is Cc1ccc(C(=O)NCc2ccc(CBr)cc2)o1. The minimum atomic E-state index is -0.187. The van der Waals surface area contributed by atoms with Crippen LogP contribution in [0.1, 0.15) is 27.4 Å². The molecule has 0 aliphatic heterocycles. The van der Waals surface area contributed by atoms with Crippen molar-refractivity contribution in [2.45, 2.75) is 18.8 Å². The molecule has 4 heteroatoms. The van der Waals surface area contributed by atoms with Crippen molar-refractivity contribution >= 4 is 21.8 Å². The molecule has 0 saturated heterocycles. The predicted molar refractivity (Wildman–Crippen MR) is 73.7 cm³/mol. The highest BCUT2D eigenvalue weighted by molar-refractivity contribution is 9.08.